The van der Waals surface area contributed by atoms with Crippen LogP contribution in [0.3, 0.4) is 0 Å². The number of esters is 1. The highest BCUT2D eigenvalue weighted by molar-refractivity contribution is 6.07. The molecule has 1 atom stereocenters. The highest BCUT2D eigenvalue weighted by atomic mass is 16.6. The molecular weight excluding hydrogens is 414 g/mol. The van der Waals surface area contributed by atoms with Crippen molar-refractivity contribution in [1.29, 1.82) is 0 Å². The maximum Gasteiger partial charge on any atom is 0.344 e. The molecule has 3 N–H and O–H groups in total. The Morgan fingerprint density at radius 3 is 2.47 bits per heavy atom. The van der Waals surface area contributed by atoms with Gasteiger partial charge in [-0.05, 0) is 32.0 Å². The Labute approximate surface area is 185 Å². The molecule has 3 amide bonds. The number of allylic oxidation sites excluding steroid dienone is 1. The van der Waals surface area contributed by atoms with Gasteiger partial charge >= 0.3 is 12.0 Å². The van der Waals surface area contributed by atoms with Gasteiger partial charge in [0.15, 0.2) is 6.61 Å². The lowest BCUT2D eigenvalue weighted by atomic mass is 9.94. The molecule has 1 heterocycles. The molecule has 9 nitrogen and oxygen atoms in total. The Bertz CT molecular complexity index is 1050. The summed E-state index contributed by atoms with van der Waals surface area (Å²) in [6.07, 6.45) is 0. The van der Waals surface area contributed by atoms with Crippen LogP contribution in [0.4, 0.5) is 10.5 Å². The maximum absolute atomic E-state index is 13.3. The van der Waals surface area contributed by atoms with Gasteiger partial charge in [0.1, 0.15) is 11.5 Å². The van der Waals surface area contributed by atoms with E-state index in [0.29, 0.717) is 34.0 Å². The summed E-state index contributed by atoms with van der Waals surface area (Å²) >= 11 is 0. The quantitative estimate of drug-likeness (QED) is 0.545. The number of carbonyl (C=O) groups is 3. The molecule has 0 aliphatic carbocycles. The van der Waals surface area contributed by atoms with Crippen LogP contribution in [0.1, 0.15) is 25.5 Å². The Hall–Kier alpha value is -4.01. The Balaban J connectivity index is 1.93. The van der Waals surface area contributed by atoms with Gasteiger partial charge in [0.25, 0.3) is 5.91 Å². The van der Waals surface area contributed by atoms with Crippen LogP contribution in [0.2, 0.25) is 0 Å². The second-order valence-corrected chi connectivity index (χ2v) is 6.86. The number of rotatable bonds is 8. The standard InChI is InChI=1S/C23H25N3O6/c1-4-31-19(27)13-32-17-11-7-5-9-15(17)21-20(14(2)24-23(29)26-21)22(28)25-16-10-6-8-12-18(16)30-3/h5-12,21H,4,13H2,1-3H3,(H,25,28)(H2,24,26,29). The number of anilines is 1. The summed E-state index contributed by atoms with van der Waals surface area (Å²) < 4.78 is 15.8. The van der Waals surface area contributed by atoms with E-state index >= 15 is 0 Å². The van der Waals surface area contributed by atoms with E-state index in [1.54, 1.807) is 62.4 Å². The van der Waals surface area contributed by atoms with Crippen molar-refractivity contribution in [3.63, 3.8) is 0 Å². The highest BCUT2D eigenvalue weighted by Crippen LogP contribution is 2.34. The molecule has 0 radical (unpaired) electrons. The summed E-state index contributed by atoms with van der Waals surface area (Å²) in [7, 11) is 1.51. The van der Waals surface area contributed by atoms with Crippen LogP contribution < -0.4 is 25.4 Å². The molecule has 32 heavy (non-hydrogen) atoms. The molecule has 0 saturated carbocycles. The van der Waals surface area contributed by atoms with Crippen molar-refractivity contribution < 1.29 is 28.6 Å². The predicted octanol–water partition coefficient (Wildman–Crippen LogP) is 2.90. The molecule has 0 spiro atoms. The molecule has 0 aromatic heterocycles. The van der Waals surface area contributed by atoms with Crippen molar-refractivity contribution in [2.24, 2.45) is 0 Å². The first-order chi connectivity index (χ1) is 15.4. The summed E-state index contributed by atoms with van der Waals surface area (Å²) in [5, 5.41) is 8.23. The summed E-state index contributed by atoms with van der Waals surface area (Å²) in [6.45, 7) is 3.29. The number of para-hydroxylation sites is 3. The first-order valence-electron chi connectivity index (χ1n) is 10.0. The van der Waals surface area contributed by atoms with Gasteiger partial charge in [-0.3, -0.25) is 4.79 Å². The molecule has 168 valence electrons. The summed E-state index contributed by atoms with van der Waals surface area (Å²) in [5.74, 6) is -0.0908. The van der Waals surface area contributed by atoms with Crippen LogP contribution in [0.5, 0.6) is 11.5 Å². The van der Waals surface area contributed by atoms with E-state index in [1.807, 2.05) is 0 Å². The van der Waals surface area contributed by atoms with Gasteiger partial charge in [-0.1, -0.05) is 30.3 Å². The number of hydrogen-bond acceptors (Lipinski definition) is 6. The third-order valence-corrected chi connectivity index (χ3v) is 4.75. The van der Waals surface area contributed by atoms with Crippen LogP contribution in [0, 0.1) is 0 Å². The molecule has 0 saturated heterocycles. The summed E-state index contributed by atoms with van der Waals surface area (Å²) in [5.41, 5.74) is 1.70. The minimum atomic E-state index is -0.808. The van der Waals surface area contributed by atoms with Crippen molar-refractivity contribution >= 4 is 23.6 Å². The second kappa shape index (κ2) is 10.3. The number of hydrogen-bond donors (Lipinski definition) is 3. The van der Waals surface area contributed by atoms with Crippen LogP contribution in [-0.2, 0) is 14.3 Å². The van der Waals surface area contributed by atoms with Crippen molar-refractivity contribution in [3.8, 4) is 11.5 Å². The summed E-state index contributed by atoms with van der Waals surface area (Å²) in [4.78, 5) is 37.2. The average Bonchev–Trinajstić information content (AvgIpc) is 2.78. The van der Waals surface area contributed by atoms with E-state index < -0.39 is 23.9 Å². The lowest BCUT2D eigenvalue weighted by molar-refractivity contribution is -0.145. The third-order valence-electron chi connectivity index (χ3n) is 4.75. The van der Waals surface area contributed by atoms with Gasteiger partial charge in [-0.15, -0.1) is 0 Å². The fourth-order valence-electron chi connectivity index (χ4n) is 3.36. The number of nitrogens with one attached hydrogen (secondary N) is 3. The second-order valence-electron chi connectivity index (χ2n) is 6.86. The molecule has 1 aliphatic rings. The van der Waals surface area contributed by atoms with Crippen LogP contribution in [0.15, 0.2) is 59.8 Å². The molecule has 0 bridgehead atoms. The van der Waals surface area contributed by atoms with E-state index in [9.17, 15) is 14.4 Å². The average molecular weight is 439 g/mol. The zero-order chi connectivity index (χ0) is 23.1. The molecule has 2 aromatic rings. The largest absolute Gasteiger partial charge is 0.495 e. The molecular formula is C23H25N3O6. The molecule has 3 rings (SSSR count). The van der Waals surface area contributed by atoms with Crippen LogP contribution in [-0.4, -0.2) is 38.2 Å². The zero-order valence-electron chi connectivity index (χ0n) is 18.1. The highest BCUT2D eigenvalue weighted by Gasteiger charge is 2.33. The maximum atomic E-state index is 13.3. The monoisotopic (exact) mass is 439 g/mol. The molecule has 1 unspecified atom stereocenters. The number of carbonyl (C=O) groups excluding carboxylic acids is 3. The van der Waals surface area contributed by atoms with Gasteiger partial charge < -0.3 is 30.2 Å². The number of amides is 3. The molecule has 9 heteroatoms. The third kappa shape index (κ3) is 5.18. The van der Waals surface area contributed by atoms with Crippen molar-refractivity contribution in [1.82, 2.24) is 10.6 Å². The minimum Gasteiger partial charge on any atom is -0.495 e. The zero-order valence-corrected chi connectivity index (χ0v) is 18.1. The Morgan fingerprint density at radius 2 is 1.75 bits per heavy atom. The van der Waals surface area contributed by atoms with Gasteiger partial charge in [0.05, 0.1) is 31.0 Å². The molecule has 2 aromatic carbocycles. The number of ether oxygens (including phenoxy) is 3. The molecule has 1 aliphatic heterocycles. The normalized spacial score (nSPS) is 15.3. The van der Waals surface area contributed by atoms with Crippen molar-refractivity contribution in [3.05, 3.63) is 65.4 Å². The number of benzene rings is 2. The fraction of sp³-hybridized carbons (Fsp3) is 0.261. The SMILES string of the molecule is CCOC(=O)COc1ccccc1C1NC(=O)NC(C)=C1C(=O)Nc1ccccc1OC. The topological polar surface area (TPSA) is 115 Å². The summed E-state index contributed by atoms with van der Waals surface area (Å²) in [6, 6.07) is 12.6. The Kier molecular flexibility index (Phi) is 7.33. The smallest absolute Gasteiger partial charge is 0.344 e. The first kappa shape index (κ1) is 22.7. The Morgan fingerprint density at radius 1 is 1.06 bits per heavy atom. The number of urea groups is 1. The lowest BCUT2D eigenvalue weighted by Crippen LogP contribution is -2.46. The van der Waals surface area contributed by atoms with Crippen LogP contribution >= 0.6 is 0 Å². The van der Waals surface area contributed by atoms with Gasteiger partial charge in [0.2, 0.25) is 0 Å². The predicted molar refractivity (Wildman–Crippen MR) is 117 cm³/mol. The number of methoxy groups -OCH3 is 1. The van der Waals surface area contributed by atoms with E-state index in [0.717, 1.165) is 0 Å². The van der Waals surface area contributed by atoms with Crippen molar-refractivity contribution in [2.75, 3.05) is 25.6 Å². The van der Waals surface area contributed by atoms with E-state index in [4.69, 9.17) is 14.2 Å². The van der Waals surface area contributed by atoms with Gasteiger partial charge in [0, 0.05) is 11.3 Å². The van der Waals surface area contributed by atoms with Gasteiger partial charge in [-0.2, -0.15) is 0 Å². The molecule has 0 fully saturated rings. The minimum absolute atomic E-state index is 0.239. The van der Waals surface area contributed by atoms with E-state index in [-0.39, 0.29) is 13.2 Å². The van der Waals surface area contributed by atoms with E-state index in [2.05, 4.69) is 16.0 Å². The lowest BCUT2D eigenvalue weighted by Gasteiger charge is -2.29. The van der Waals surface area contributed by atoms with Crippen molar-refractivity contribution in [2.45, 2.75) is 19.9 Å². The van der Waals surface area contributed by atoms with E-state index in [1.165, 1.54) is 7.11 Å². The van der Waals surface area contributed by atoms with Crippen LogP contribution in [0.25, 0.3) is 0 Å². The van der Waals surface area contributed by atoms with Gasteiger partial charge in [-0.25, -0.2) is 9.59 Å². The first-order valence-corrected chi connectivity index (χ1v) is 10.0. The fourth-order valence-corrected chi connectivity index (χ4v) is 3.36.